The number of benzene rings is 2. The largest absolute Gasteiger partial charge is 0.492 e. The van der Waals surface area contributed by atoms with E-state index in [4.69, 9.17) is 14.2 Å². The van der Waals surface area contributed by atoms with E-state index in [2.05, 4.69) is 5.32 Å². The monoisotopic (exact) mass is 490 g/mol. The number of hydrogen-bond acceptors (Lipinski definition) is 7. The normalized spacial score (nSPS) is 14.3. The number of esters is 1. The van der Waals surface area contributed by atoms with E-state index in [0.29, 0.717) is 36.7 Å². The van der Waals surface area contributed by atoms with Crippen LogP contribution in [-0.2, 0) is 19.6 Å². The van der Waals surface area contributed by atoms with Gasteiger partial charge in [0.15, 0.2) is 6.61 Å². The molecule has 1 fully saturated rings. The van der Waals surface area contributed by atoms with Gasteiger partial charge in [-0.3, -0.25) is 4.79 Å². The highest BCUT2D eigenvalue weighted by Gasteiger charge is 2.29. The molecule has 10 heteroatoms. The van der Waals surface area contributed by atoms with Gasteiger partial charge in [-0.25, -0.2) is 13.2 Å². The van der Waals surface area contributed by atoms with E-state index in [0.717, 1.165) is 19.3 Å². The second kappa shape index (κ2) is 11.8. The molecule has 1 heterocycles. The molecular weight excluding hydrogens is 460 g/mol. The molecule has 3 rings (SSSR count). The van der Waals surface area contributed by atoms with Crippen molar-refractivity contribution in [1.82, 2.24) is 4.31 Å². The molecule has 1 saturated heterocycles. The van der Waals surface area contributed by atoms with Crippen LogP contribution in [0.15, 0.2) is 47.4 Å². The summed E-state index contributed by atoms with van der Waals surface area (Å²) in [6.45, 7) is 4.75. The first-order valence-electron chi connectivity index (χ1n) is 11.3. The number of hydrogen-bond donors (Lipinski definition) is 1. The minimum atomic E-state index is -3.76. The Bertz CT molecular complexity index is 1090. The van der Waals surface area contributed by atoms with E-state index in [1.54, 1.807) is 50.2 Å². The van der Waals surface area contributed by atoms with Crippen LogP contribution in [0, 0.1) is 0 Å². The van der Waals surface area contributed by atoms with Gasteiger partial charge in [-0.15, -0.1) is 0 Å². The van der Waals surface area contributed by atoms with Crippen molar-refractivity contribution in [1.29, 1.82) is 0 Å². The van der Waals surface area contributed by atoms with Crippen LogP contribution in [0.4, 0.5) is 5.69 Å². The third-order valence-electron chi connectivity index (χ3n) is 5.20. The van der Waals surface area contributed by atoms with Gasteiger partial charge in [0, 0.05) is 18.8 Å². The third kappa shape index (κ3) is 6.48. The van der Waals surface area contributed by atoms with Crippen LogP contribution in [-0.4, -0.2) is 57.5 Å². The predicted molar refractivity (Wildman–Crippen MR) is 127 cm³/mol. The highest BCUT2D eigenvalue weighted by molar-refractivity contribution is 7.89. The highest BCUT2D eigenvalue weighted by atomic mass is 32.2. The predicted octanol–water partition coefficient (Wildman–Crippen LogP) is 3.45. The Balaban J connectivity index is 1.67. The quantitative estimate of drug-likeness (QED) is 0.508. The molecule has 9 nitrogen and oxygen atoms in total. The first-order valence-corrected chi connectivity index (χ1v) is 12.8. The van der Waals surface area contributed by atoms with E-state index in [-0.39, 0.29) is 23.9 Å². The molecule has 184 valence electrons. The van der Waals surface area contributed by atoms with Crippen LogP contribution in [0.25, 0.3) is 0 Å². The minimum absolute atomic E-state index is 0.0320. The molecule has 0 unspecified atom stereocenters. The summed E-state index contributed by atoms with van der Waals surface area (Å²) in [5, 5.41) is 2.67. The lowest BCUT2D eigenvalue weighted by Gasteiger charge is -2.27. The molecule has 1 N–H and O–H groups in total. The van der Waals surface area contributed by atoms with Crippen molar-refractivity contribution >= 4 is 27.6 Å². The fourth-order valence-corrected chi connectivity index (χ4v) is 5.23. The Morgan fingerprint density at radius 3 is 2.29 bits per heavy atom. The SMILES string of the molecule is CCOC(=O)c1ccc(OCC(=O)Nc2ccc(OCC)c(S(=O)(=O)N3CCCCC3)c2)cc1. The fraction of sp³-hybridized carbons (Fsp3) is 0.417. The summed E-state index contributed by atoms with van der Waals surface area (Å²) in [5.41, 5.74) is 0.709. The molecule has 1 aliphatic heterocycles. The lowest BCUT2D eigenvalue weighted by atomic mass is 10.2. The molecule has 0 aromatic heterocycles. The van der Waals surface area contributed by atoms with Gasteiger partial charge >= 0.3 is 5.97 Å². The minimum Gasteiger partial charge on any atom is -0.492 e. The van der Waals surface area contributed by atoms with Gasteiger partial charge in [0.05, 0.1) is 18.8 Å². The first kappa shape index (κ1) is 25.5. The second-order valence-corrected chi connectivity index (χ2v) is 9.55. The number of nitrogens with one attached hydrogen (secondary N) is 1. The maximum Gasteiger partial charge on any atom is 0.338 e. The topological polar surface area (TPSA) is 111 Å². The molecule has 34 heavy (non-hydrogen) atoms. The Labute approximate surface area is 200 Å². The maximum atomic E-state index is 13.2. The number of rotatable bonds is 10. The van der Waals surface area contributed by atoms with Gasteiger partial charge < -0.3 is 19.5 Å². The number of sulfonamides is 1. The molecule has 0 radical (unpaired) electrons. The fourth-order valence-electron chi connectivity index (χ4n) is 3.55. The smallest absolute Gasteiger partial charge is 0.338 e. The van der Waals surface area contributed by atoms with Crippen molar-refractivity contribution in [2.45, 2.75) is 38.0 Å². The molecule has 0 spiro atoms. The van der Waals surface area contributed by atoms with E-state index in [1.807, 2.05) is 0 Å². The highest BCUT2D eigenvalue weighted by Crippen LogP contribution is 2.31. The Kier molecular flexibility index (Phi) is 8.89. The van der Waals surface area contributed by atoms with Crippen LogP contribution in [0.5, 0.6) is 11.5 Å². The van der Waals surface area contributed by atoms with Gasteiger partial charge in [-0.1, -0.05) is 6.42 Å². The molecule has 1 aliphatic rings. The van der Waals surface area contributed by atoms with Gasteiger partial charge in [0.25, 0.3) is 5.91 Å². The van der Waals surface area contributed by atoms with E-state index < -0.39 is 21.9 Å². The van der Waals surface area contributed by atoms with Crippen LogP contribution in [0.2, 0.25) is 0 Å². The molecule has 0 atom stereocenters. The summed E-state index contributed by atoms with van der Waals surface area (Å²) in [5.74, 6) is -0.232. The number of carbonyl (C=O) groups is 2. The van der Waals surface area contributed by atoms with Crippen molar-refractivity contribution in [3.8, 4) is 11.5 Å². The number of piperidine rings is 1. The van der Waals surface area contributed by atoms with Crippen molar-refractivity contribution in [3.63, 3.8) is 0 Å². The Morgan fingerprint density at radius 2 is 1.65 bits per heavy atom. The zero-order valence-electron chi connectivity index (χ0n) is 19.4. The summed E-state index contributed by atoms with van der Waals surface area (Å²) in [7, 11) is -3.76. The Hall–Kier alpha value is -3.11. The maximum absolute atomic E-state index is 13.2. The third-order valence-corrected chi connectivity index (χ3v) is 7.12. The summed E-state index contributed by atoms with van der Waals surface area (Å²) in [6.07, 6.45) is 2.64. The second-order valence-electron chi connectivity index (χ2n) is 7.64. The van der Waals surface area contributed by atoms with Crippen molar-refractivity contribution in [3.05, 3.63) is 48.0 Å². The van der Waals surface area contributed by atoms with Crippen LogP contribution >= 0.6 is 0 Å². The summed E-state index contributed by atoms with van der Waals surface area (Å²) in [4.78, 5) is 24.2. The van der Waals surface area contributed by atoms with Crippen LogP contribution in [0.3, 0.4) is 0 Å². The average Bonchev–Trinajstić information content (AvgIpc) is 2.85. The first-order chi connectivity index (χ1) is 16.3. The number of ether oxygens (including phenoxy) is 3. The number of amides is 1. The molecule has 0 aliphatic carbocycles. The molecule has 2 aromatic rings. The standard InChI is InChI=1S/C24H30N2O7S/c1-3-31-21-13-10-19(16-22(21)34(29,30)26-14-6-5-7-15-26)25-23(27)17-33-20-11-8-18(9-12-20)24(28)32-4-2/h8-13,16H,3-7,14-15,17H2,1-2H3,(H,25,27). The van der Waals surface area contributed by atoms with Crippen molar-refractivity contribution in [2.24, 2.45) is 0 Å². The summed E-state index contributed by atoms with van der Waals surface area (Å²) < 4.78 is 43.9. The Morgan fingerprint density at radius 1 is 0.941 bits per heavy atom. The zero-order chi connectivity index (χ0) is 24.6. The summed E-state index contributed by atoms with van der Waals surface area (Å²) in [6, 6.07) is 10.8. The van der Waals surface area contributed by atoms with Crippen LogP contribution < -0.4 is 14.8 Å². The number of nitrogens with zero attached hydrogens (tertiary/aromatic N) is 1. The van der Waals surface area contributed by atoms with Crippen molar-refractivity contribution < 1.29 is 32.2 Å². The van der Waals surface area contributed by atoms with E-state index >= 15 is 0 Å². The van der Waals surface area contributed by atoms with Crippen molar-refractivity contribution in [2.75, 3.05) is 38.2 Å². The van der Waals surface area contributed by atoms with Gasteiger partial charge in [-0.05, 0) is 69.2 Å². The van der Waals surface area contributed by atoms with E-state index in [9.17, 15) is 18.0 Å². The number of anilines is 1. The van der Waals surface area contributed by atoms with Gasteiger partial charge in [-0.2, -0.15) is 4.31 Å². The average molecular weight is 491 g/mol. The molecule has 1 amide bonds. The zero-order valence-corrected chi connectivity index (χ0v) is 20.2. The van der Waals surface area contributed by atoms with Crippen LogP contribution in [0.1, 0.15) is 43.5 Å². The molecule has 0 saturated carbocycles. The lowest BCUT2D eigenvalue weighted by molar-refractivity contribution is -0.118. The number of carbonyl (C=O) groups excluding carboxylic acids is 2. The molecular formula is C24H30N2O7S. The molecule has 0 bridgehead atoms. The summed E-state index contributed by atoms with van der Waals surface area (Å²) >= 11 is 0. The molecule has 2 aromatic carbocycles. The van der Waals surface area contributed by atoms with E-state index in [1.165, 1.54) is 10.4 Å². The van der Waals surface area contributed by atoms with Gasteiger partial charge in [0.2, 0.25) is 10.0 Å². The van der Waals surface area contributed by atoms with Gasteiger partial charge in [0.1, 0.15) is 16.4 Å². The lowest BCUT2D eigenvalue weighted by Crippen LogP contribution is -2.35.